The molecule has 0 aliphatic heterocycles. The predicted molar refractivity (Wildman–Crippen MR) is 73.0 cm³/mol. The molecule has 104 valence electrons. The maximum atomic E-state index is 13.8. The highest BCUT2D eigenvalue weighted by Gasteiger charge is 2.31. The van der Waals surface area contributed by atoms with E-state index in [1.54, 1.807) is 0 Å². The fraction of sp³-hybridized carbons (Fsp3) is 0.533. The van der Waals surface area contributed by atoms with E-state index in [1.165, 1.54) is 37.8 Å². The van der Waals surface area contributed by atoms with Gasteiger partial charge < -0.3 is 10.4 Å². The first-order chi connectivity index (χ1) is 9.06. The largest absolute Gasteiger partial charge is 0.478 e. The van der Waals surface area contributed by atoms with E-state index >= 15 is 0 Å². The van der Waals surface area contributed by atoms with E-state index < -0.39 is 11.8 Å². The molecule has 0 aromatic heterocycles. The minimum atomic E-state index is -1.11. The maximum absolute atomic E-state index is 13.8. The molecule has 0 heterocycles. The zero-order valence-electron chi connectivity index (χ0n) is 11.2. The Morgan fingerprint density at radius 1 is 1.42 bits per heavy atom. The van der Waals surface area contributed by atoms with Gasteiger partial charge in [0.2, 0.25) is 0 Å². The van der Waals surface area contributed by atoms with Crippen molar-refractivity contribution in [2.24, 2.45) is 5.41 Å². The van der Waals surface area contributed by atoms with Crippen LogP contribution in [0.5, 0.6) is 0 Å². The van der Waals surface area contributed by atoms with E-state index in [0.29, 0.717) is 5.69 Å². The number of benzene rings is 1. The van der Waals surface area contributed by atoms with Crippen LogP contribution in [0.4, 0.5) is 10.1 Å². The number of halogens is 1. The SMILES string of the molecule is CCC1(CNc2ccc(C(=O)O)cc2F)CCCC1. The van der Waals surface area contributed by atoms with Gasteiger partial charge in [-0.3, -0.25) is 0 Å². The molecule has 3 nitrogen and oxygen atoms in total. The van der Waals surface area contributed by atoms with E-state index in [-0.39, 0.29) is 11.0 Å². The van der Waals surface area contributed by atoms with Crippen LogP contribution in [-0.2, 0) is 0 Å². The number of carboxylic acid groups (broad SMARTS) is 1. The lowest BCUT2D eigenvalue weighted by Gasteiger charge is -2.28. The molecule has 0 radical (unpaired) electrons. The van der Waals surface area contributed by atoms with Gasteiger partial charge in [-0.2, -0.15) is 0 Å². The van der Waals surface area contributed by atoms with Crippen LogP contribution in [0.2, 0.25) is 0 Å². The normalized spacial score (nSPS) is 17.4. The molecule has 1 aromatic carbocycles. The Bertz CT molecular complexity index is 467. The minimum absolute atomic E-state index is 0.0193. The number of aromatic carboxylic acids is 1. The van der Waals surface area contributed by atoms with Gasteiger partial charge in [0.15, 0.2) is 0 Å². The molecule has 0 saturated heterocycles. The van der Waals surface area contributed by atoms with Crippen LogP contribution < -0.4 is 5.32 Å². The fourth-order valence-electron chi connectivity index (χ4n) is 2.85. The smallest absolute Gasteiger partial charge is 0.335 e. The van der Waals surface area contributed by atoms with Gasteiger partial charge >= 0.3 is 5.97 Å². The molecule has 1 aliphatic carbocycles. The van der Waals surface area contributed by atoms with Crippen molar-refractivity contribution in [3.63, 3.8) is 0 Å². The van der Waals surface area contributed by atoms with Crippen molar-refractivity contribution < 1.29 is 14.3 Å². The van der Waals surface area contributed by atoms with Crippen molar-refractivity contribution in [3.05, 3.63) is 29.6 Å². The highest BCUT2D eigenvalue weighted by molar-refractivity contribution is 5.88. The summed E-state index contributed by atoms with van der Waals surface area (Å²) in [6.45, 7) is 2.93. The van der Waals surface area contributed by atoms with Gasteiger partial charge in [-0.05, 0) is 42.9 Å². The van der Waals surface area contributed by atoms with Crippen LogP contribution in [0.15, 0.2) is 18.2 Å². The first-order valence-corrected chi connectivity index (χ1v) is 6.83. The molecule has 19 heavy (non-hydrogen) atoms. The van der Waals surface area contributed by atoms with Gasteiger partial charge in [-0.25, -0.2) is 9.18 Å². The molecule has 2 rings (SSSR count). The third-order valence-corrected chi connectivity index (χ3v) is 4.28. The van der Waals surface area contributed by atoms with Crippen molar-refractivity contribution in [1.82, 2.24) is 0 Å². The number of rotatable bonds is 5. The number of anilines is 1. The van der Waals surface area contributed by atoms with Gasteiger partial charge in [0.05, 0.1) is 11.3 Å². The number of carbonyl (C=O) groups is 1. The lowest BCUT2D eigenvalue weighted by Crippen LogP contribution is -2.26. The van der Waals surface area contributed by atoms with Gasteiger partial charge in [0, 0.05) is 6.54 Å². The summed E-state index contributed by atoms with van der Waals surface area (Å²) >= 11 is 0. The van der Waals surface area contributed by atoms with Crippen LogP contribution in [0, 0.1) is 11.2 Å². The Hall–Kier alpha value is -1.58. The zero-order chi connectivity index (χ0) is 13.9. The highest BCUT2D eigenvalue weighted by atomic mass is 19.1. The molecule has 0 atom stereocenters. The quantitative estimate of drug-likeness (QED) is 0.848. The highest BCUT2D eigenvalue weighted by Crippen LogP contribution is 2.41. The van der Waals surface area contributed by atoms with E-state index in [2.05, 4.69) is 12.2 Å². The lowest BCUT2D eigenvalue weighted by molar-refractivity contribution is 0.0696. The Morgan fingerprint density at radius 2 is 2.11 bits per heavy atom. The average molecular weight is 265 g/mol. The van der Waals surface area contributed by atoms with E-state index in [9.17, 15) is 9.18 Å². The monoisotopic (exact) mass is 265 g/mol. The summed E-state index contributed by atoms with van der Waals surface area (Å²) in [5.74, 6) is -1.60. The topological polar surface area (TPSA) is 49.3 Å². The Labute approximate surface area is 112 Å². The number of carboxylic acids is 1. The second-order valence-electron chi connectivity index (χ2n) is 5.41. The van der Waals surface area contributed by atoms with Crippen molar-refractivity contribution in [2.45, 2.75) is 39.0 Å². The van der Waals surface area contributed by atoms with Crippen LogP contribution >= 0.6 is 0 Å². The van der Waals surface area contributed by atoms with Gasteiger partial charge in [-0.1, -0.05) is 19.8 Å². The number of nitrogens with one attached hydrogen (secondary N) is 1. The molecule has 1 saturated carbocycles. The van der Waals surface area contributed by atoms with Crippen LogP contribution in [-0.4, -0.2) is 17.6 Å². The summed E-state index contributed by atoms with van der Waals surface area (Å²) in [7, 11) is 0. The van der Waals surface area contributed by atoms with Crippen LogP contribution in [0.25, 0.3) is 0 Å². The van der Waals surface area contributed by atoms with Crippen LogP contribution in [0.3, 0.4) is 0 Å². The van der Waals surface area contributed by atoms with E-state index in [0.717, 1.165) is 19.0 Å². The molecule has 0 amide bonds. The summed E-state index contributed by atoms with van der Waals surface area (Å²) in [6, 6.07) is 4.01. The lowest BCUT2D eigenvalue weighted by atomic mass is 9.83. The first kappa shape index (κ1) is 13.8. The maximum Gasteiger partial charge on any atom is 0.335 e. The molecule has 1 aliphatic rings. The van der Waals surface area contributed by atoms with Crippen molar-refractivity contribution in [3.8, 4) is 0 Å². The third-order valence-electron chi connectivity index (χ3n) is 4.28. The van der Waals surface area contributed by atoms with Gasteiger partial charge in [-0.15, -0.1) is 0 Å². The molecule has 0 spiro atoms. The van der Waals surface area contributed by atoms with Gasteiger partial charge in [0.25, 0.3) is 0 Å². The van der Waals surface area contributed by atoms with Crippen molar-refractivity contribution >= 4 is 11.7 Å². The van der Waals surface area contributed by atoms with Gasteiger partial charge in [0.1, 0.15) is 5.82 Å². The Kier molecular flexibility index (Phi) is 4.08. The molecule has 4 heteroatoms. The minimum Gasteiger partial charge on any atom is -0.478 e. The summed E-state index contributed by atoms with van der Waals surface area (Å²) in [5, 5.41) is 11.9. The predicted octanol–water partition coefficient (Wildman–Crippen LogP) is 3.91. The second kappa shape index (κ2) is 5.59. The third kappa shape index (κ3) is 3.06. The van der Waals surface area contributed by atoms with E-state index in [4.69, 9.17) is 5.11 Å². The fourth-order valence-corrected chi connectivity index (χ4v) is 2.85. The molecule has 0 bridgehead atoms. The summed E-state index contributed by atoms with van der Waals surface area (Å²) in [6.07, 6.45) is 5.96. The average Bonchev–Trinajstić information content (AvgIpc) is 2.86. The summed E-state index contributed by atoms with van der Waals surface area (Å²) in [5.41, 5.74) is 0.650. The molecule has 0 unspecified atom stereocenters. The molecular formula is C15H20FNO2. The first-order valence-electron chi connectivity index (χ1n) is 6.83. The number of hydrogen-bond acceptors (Lipinski definition) is 2. The van der Waals surface area contributed by atoms with E-state index in [1.807, 2.05) is 0 Å². The Balaban J connectivity index is 2.05. The molecule has 2 N–H and O–H groups in total. The van der Waals surface area contributed by atoms with Crippen molar-refractivity contribution in [1.29, 1.82) is 0 Å². The molecular weight excluding hydrogens is 245 g/mol. The standard InChI is InChI=1S/C15H20FNO2/c1-2-15(7-3-4-8-15)10-17-13-6-5-11(14(18)19)9-12(13)16/h5-6,9,17H,2-4,7-8,10H2,1H3,(H,18,19). The zero-order valence-corrected chi connectivity index (χ0v) is 11.2. The van der Waals surface area contributed by atoms with Crippen LogP contribution in [0.1, 0.15) is 49.4 Å². The summed E-state index contributed by atoms with van der Waals surface area (Å²) in [4.78, 5) is 10.7. The Morgan fingerprint density at radius 3 is 2.63 bits per heavy atom. The molecule has 1 aromatic rings. The summed E-state index contributed by atoms with van der Waals surface area (Å²) < 4.78 is 13.8. The molecule has 1 fully saturated rings. The number of hydrogen-bond donors (Lipinski definition) is 2. The van der Waals surface area contributed by atoms with Crippen molar-refractivity contribution in [2.75, 3.05) is 11.9 Å². The second-order valence-corrected chi connectivity index (χ2v) is 5.41.